The number of hydrogen-bond acceptors (Lipinski definition) is 2. The van der Waals surface area contributed by atoms with Crippen molar-refractivity contribution in [1.82, 2.24) is 0 Å². The van der Waals surface area contributed by atoms with Gasteiger partial charge in [0.05, 0.1) is 16.7 Å². The Morgan fingerprint density at radius 2 is 1.94 bits per heavy atom. The van der Waals surface area contributed by atoms with E-state index >= 15 is 0 Å². The first kappa shape index (κ1) is 14.9. The summed E-state index contributed by atoms with van der Waals surface area (Å²) in [7, 11) is 0. The average molecular weight is 289 g/mol. The maximum atomic E-state index is 10.4. The Morgan fingerprint density at radius 1 is 1.39 bits per heavy atom. The average Bonchev–Trinajstić information content (AvgIpc) is 2.24. The molecule has 98 valence electrons. The summed E-state index contributed by atoms with van der Waals surface area (Å²) < 4.78 is 5.51. The van der Waals surface area contributed by atoms with Crippen LogP contribution >= 0.6 is 23.2 Å². The minimum atomic E-state index is -1.03. The number of benzene rings is 1. The molecule has 0 radical (unpaired) electrons. The predicted octanol–water partition coefficient (Wildman–Crippen LogP) is 4.13. The molecule has 1 N–H and O–H groups in total. The molecule has 0 saturated carbocycles. The van der Waals surface area contributed by atoms with Crippen LogP contribution in [0.5, 0.6) is 5.75 Å². The van der Waals surface area contributed by atoms with Gasteiger partial charge >= 0.3 is 5.97 Å². The van der Waals surface area contributed by atoms with Crippen LogP contribution in [0.25, 0.3) is 6.08 Å². The van der Waals surface area contributed by atoms with E-state index in [2.05, 4.69) is 0 Å². The van der Waals surface area contributed by atoms with Crippen LogP contribution in [0.2, 0.25) is 10.0 Å². The summed E-state index contributed by atoms with van der Waals surface area (Å²) in [6.07, 6.45) is 2.45. The van der Waals surface area contributed by atoms with Gasteiger partial charge in [0.2, 0.25) is 0 Å². The van der Waals surface area contributed by atoms with E-state index < -0.39 is 5.97 Å². The lowest BCUT2D eigenvalue weighted by molar-refractivity contribution is -0.131. The van der Waals surface area contributed by atoms with Crippen LogP contribution < -0.4 is 4.74 Å². The van der Waals surface area contributed by atoms with Crippen LogP contribution in [0.1, 0.15) is 19.4 Å². The third-order valence-electron chi connectivity index (χ3n) is 2.00. The summed E-state index contributed by atoms with van der Waals surface area (Å²) in [5.74, 6) is -0.231. The van der Waals surface area contributed by atoms with Crippen molar-refractivity contribution in [2.75, 3.05) is 6.61 Å². The quantitative estimate of drug-likeness (QED) is 0.829. The molecule has 1 aromatic rings. The van der Waals surface area contributed by atoms with Crippen molar-refractivity contribution in [1.29, 1.82) is 0 Å². The van der Waals surface area contributed by atoms with Crippen molar-refractivity contribution in [3.05, 3.63) is 33.8 Å². The van der Waals surface area contributed by atoms with Crippen LogP contribution in [0, 0.1) is 5.92 Å². The lowest BCUT2D eigenvalue weighted by Gasteiger charge is -2.12. The fraction of sp³-hybridized carbons (Fsp3) is 0.308. The molecule has 1 aromatic carbocycles. The van der Waals surface area contributed by atoms with Gasteiger partial charge in [-0.05, 0) is 29.7 Å². The van der Waals surface area contributed by atoms with E-state index in [1.165, 1.54) is 6.08 Å². The van der Waals surface area contributed by atoms with Gasteiger partial charge < -0.3 is 9.84 Å². The van der Waals surface area contributed by atoms with Crippen molar-refractivity contribution < 1.29 is 14.6 Å². The number of ether oxygens (including phenoxy) is 1. The van der Waals surface area contributed by atoms with E-state index in [0.29, 0.717) is 33.9 Å². The molecule has 0 aliphatic rings. The number of carbonyl (C=O) groups is 1. The highest BCUT2D eigenvalue weighted by atomic mass is 35.5. The largest absolute Gasteiger partial charge is 0.490 e. The molecule has 1 rings (SSSR count). The molecule has 0 fully saturated rings. The number of aliphatic carboxylic acids is 1. The summed E-state index contributed by atoms with van der Waals surface area (Å²) in [5.41, 5.74) is 0.615. The number of carboxylic acid groups (broad SMARTS) is 1. The molecule has 0 aromatic heterocycles. The molecular weight excluding hydrogens is 275 g/mol. The zero-order valence-electron chi connectivity index (χ0n) is 10.1. The maximum Gasteiger partial charge on any atom is 0.328 e. The SMILES string of the molecule is CC(C)COc1c(Cl)cc(/C=C/C(=O)O)cc1Cl. The Morgan fingerprint density at radius 3 is 2.39 bits per heavy atom. The molecular formula is C13H14Cl2O3. The van der Waals surface area contributed by atoms with E-state index in [0.717, 1.165) is 6.08 Å². The molecule has 0 aliphatic heterocycles. The Hall–Kier alpha value is -1.19. The second kappa shape index (κ2) is 6.66. The van der Waals surface area contributed by atoms with Crippen molar-refractivity contribution in [2.45, 2.75) is 13.8 Å². The molecule has 0 heterocycles. The Balaban J connectivity index is 2.93. The number of rotatable bonds is 5. The lowest BCUT2D eigenvalue weighted by atomic mass is 10.2. The molecule has 0 saturated heterocycles. The summed E-state index contributed by atoms with van der Waals surface area (Å²) in [6, 6.07) is 3.23. The molecule has 18 heavy (non-hydrogen) atoms. The zero-order valence-corrected chi connectivity index (χ0v) is 11.6. The molecule has 0 atom stereocenters. The number of hydrogen-bond donors (Lipinski definition) is 1. The van der Waals surface area contributed by atoms with Gasteiger partial charge in [-0.1, -0.05) is 37.0 Å². The monoisotopic (exact) mass is 288 g/mol. The fourth-order valence-electron chi connectivity index (χ4n) is 1.23. The van der Waals surface area contributed by atoms with Crippen LogP contribution in [0.4, 0.5) is 0 Å². The smallest absolute Gasteiger partial charge is 0.328 e. The van der Waals surface area contributed by atoms with Gasteiger partial charge in [0, 0.05) is 6.08 Å². The Bertz CT molecular complexity index is 444. The van der Waals surface area contributed by atoms with Gasteiger partial charge in [-0.25, -0.2) is 4.79 Å². The molecule has 0 spiro atoms. The van der Waals surface area contributed by atoms with E-state index in [-0.39, 0.29) is 0 Å². The van der Waals surface area contributed by atoms with E-state index in [1.54, 1.807) is 12.1 Å². The summed E-state index contributed by atoms with van der Waals surface area (Å²) in [4.78, 5) is 10.4. The molecule has 3 nitrogen and oxygen atoms in total. The highest BCUT2D eigenvalue weighted by molar-refractivity contribution is 6.37. The summed E-state index contributed by atoms with van der Waals surface area (Å²) in [5, 5.41) is 9.27. The molecule has 0 aliphatic carbocycles. The van der Waals surface area contributed by atoms with Crippen LogP contribution in [0.15, 0.2) is 18.2 Å². The lowest BCUT2D eigenvalue weighted by Crippen LogP contribution is -2.05. The molecule has 5 heteroatoms. The molecule has 0 amide bonds. The van der Waals surface area contributed by atoms with E-state index in [1.807, 2.05) is 13.8 Å². The van der Waals surface area contributed by atoms with Crippen LogP contribution in [-0.4, -0.2) is 17.7 Å². The first-order valence-corrected chi connectivity index (χ1v) is 6.18. The number of carboxylic acids is 1. The Kier molecular flexibility index (Phi) is 5.51. The van der Waals surface area contributed by atoms with Crippen molar-refractivity contribution >= 4 is 35.2 Å². The normalized spacial score (nSPS) is 11.2. The molecule has 0 unspecified atom stereocenters. The second-order valence-corrected chi connectivity index (χ2v) is 5.00. The van der Waals surface area contributed by atoms with Crippen molar-refractivity contribution in [2.24, 2.45) is 5.92 Å². The van der Waals surface area contributed by atoms with Gasteiger partial charge in [-0.15, -0.1) is 0 Å². The third kappa shape index (κ3) is 4.59. The van der Waals surface area contributed by atoms with Gasteiger partial charge in [0.15, 0.2) is 5.75 Å². The third-order valence-corrected chi connectivity index (χ3v) is 2.56. The van der Waals surface area contributed by atoms with Gasteiger partial charge in [-0.3, -0.25) is 0 Å². The van der Waals surface area contributed by atoms with Crippen molar-refractivity contribution in [3.8, 4) is 5.75 Å². The number of halogens is 2. The molecule has 0 bridgehead atoms. The highest BCUT2D eigenvalue weighted by Gasteiger charge is 2.09. The van der Waals surface area contributed by atoms with Gasteiger partial charge in [0.25, 0.3) is 0 Å². The summed E-state index contributed by atoms with van der Waals surface area (Å²) >= 11 is 12.1. The minimum absolute atomic E-state index is 0.365. The standard InChI is InChI=1S/C13H14Cl2O3/c1-8(2)7-18-13-10(14)5-9(6-11(13)15)3-4-12(16)17/h3-6,8H,7H2,1-2H3,(H,16,17)/b4-3+. The summed E-state index contributed by atoms with van der Waals surface area (Å²) in [6.45, 7) is 4.56. The second-order valence-electron chi connectivity index (χ2n) is 4.19. The zero-order chi connectivity index (χ0) is 13.7. The van der Waals surface area contributed by atoms with E-state index in [9.17, 15) is 4.79 Å². The predicted molar refractivity (Wildman–Crippen MR) is 73.5 cm³/mol. The minimum Gasteiger partial charge on any atom is -0.490 e. The van der Waals surface area contributed by atoms with E-state index in [4.69, 9.17) is 33.0 Å². The Labute approximate surface area is 116 Å². The highest BCUT2D eigenvalue weighted by Crippen LogP contribution is 2.34. The van der Waals surface area contributed by atoms with Gasteiger partial charge in [0.1, 0.15) is 0 Å². The first-order valence-electron chi connectivity index (χ1n) is 5.43. The fourth-order valence-corrected chi connectivity index (χ4v) is 1.84. The van der Waals surface area contributed by atoms with Crippen LogP contribution in [0.3, 0.4) is 0 Å². The maximum absolute atomic E-state index is 10.4. The first-order chi connectivity index (χ1) is 8.40. The van der Waals surface area contributed by atoms with Gasteiger partial charge in [-0.2, -0.15) is 0 Å². The van der Waals surface area contributed by atoms with Crippen molar-refractivity contribution in [3.63, 3.8) is 0 Å². The van der Waals surface area contributed by atoms with Crippen LogP contribution in [-0.2, 0) is 4.79 Å². The topological polar surface area (TPSA) is 46.5 Å².